The first-order valence-corrected chi connectivity index (χ1v) is 9.43. The van der Waals surface area contributed by atoms with Crippen LogP contribution in [0.4, 0.5) is 4.39 Å². The first kappa shape index (κ1) is 22.5. The van der Waals surface area contributed by atoms with Gasteiger partial charge in [0.1, 0.15) is 6.29 Å². The van der Waals surface area contributed by atoms with E-state index >= 15 is 0 Å². The van der Waals surface area contributed by atoms with Crippen LogP contribution >= 0.6 is 0 Å². The molecule has 29 heavy (non-hydrogen) atoms. The van der Waals surface area contributed by atoms with Gasteiger partial charge in [-0.25, -0.2) is 4.39 Å². The Morgan fingerprint density at radius 3 is 2.86 bits per heavy atom. The molecule has 1 heterocycles. The summed E-state index contributed by atoms with van der Waals surface area (Å²) in [7, 11) is 3.38. The third-order valence-electron chi connectivity index (χ3n) is 4.99. The molecule has 0 saturated carbocycles. The van der Waals surface area contributed by atoms with Crippen molar-refractivity contribution in [2.24, 2.45) is 4.99 Å². The summed E-state index contributed by atoms with van der Waals surface area (Å²) < 4.78 is 18.8. The molecule has 7 heteroatoms. The molecule has 1 saturated heterocycles. The summed E-state index contributed by atoms with van der Waals surface area (Å²) in [6.07, 6.45) is 6.45. The van der Waals surface area contributed by atoms with E-state index in [1.54, 1.807) is 18.2 Å². The summed E-state index contributed by atoms with van der Waals surface area (Å²) in [6, 6.07) is 4.46. The molecule has 0 amide bonds. The summed E-state index contributed by atoms with van der Waals surface area (Å²) in [5.74, 6) is -0.403. The fraction of sp³-hybridized carbons (Fsp3) is 0.364. The molecule has 0 unspecified atom stereocenters. The molecule has 1 aromatic rings. The zero-order valence-corrected chi connectivity index (χ0v) is 17.1. The van der Waals surface area contributed by atoms with Crippen molar-refractivity contribution in [2.45, 2.75) is 19.1 Å². The van der Waals surface area contributed by atoms with Crippen LogP contribution in [0.15, 0.2) is 53.7 Å². The Morgan fingerprint density at radius 2 is 2.24 bits per heavy atom. The molecule has 2 rings (SSSR count). The lowest BCUT2D eigenvalue weighted by Crippen LogP contribution is -2.40. The maximum atomic E-state index is 13.9. The Kier molecular flexibility index (Phi) is 8.30. The molecule has 0 spiro atoms. The Labute approximate surface area is 171 Å². The predicted molar refractivity (Wildman–Crippen MR) is 113 cm³/mol. The number of aliphatic hydroxyl groups is 1. The van der Waals surface area contributed by atoms with Gasteiger partial charge in [-0.15, -0.1) is 0 Å². The van der Waals surface area contributed by atoms with E-state index in [0.29, 0.717) is 30.6 Å². The average Bonchev–Trinajstić information content (AvgIpc) is 3.11. The molecular formula is C22H28FN3O3. The summed E-state index contributed by atoms with van der Waals surface area (Å²) in [4.78, 5) is 19.3. The monoisotopic (exact) mass is 401 g/mol. The number of ether oxygens (including phenoxy) is 1. The second-order valence-corrected chi connectivity index (χ2v) is 6.78. The van der Waals surface area contributed by atoms with Crippen LogP contribution in [-0.4, -0.2) is 73.3 Å². The first-order chi connectivity index (χ1) is 13.9. The quantitative estimate of drug-likeness (QED) is 0.298. The number of likely N-dealkylation sites (N-methyl/N-ethyl adjacent to an activating group) is 1. The molecule has 6 nitrogen and oxygen atoms in total. The highest BCUT2D eigenvalue weighted by atomic mass is 19.1. The highest BCUT2D eigenvalue weighted by Gasteiger charge is 2.33. The van der Waals surface area contributed by atoms with Crippen LogP contribution in [0.1, 0.15) is 12.5 Å². The van der Waals surface area contributed by atoms with Gasteiger partial charge in [0, 0.05) is 36.6 Å². The first-order valence-electron chi connectivity index (χ1n) is 9.43. The molecule has 0 aromatic heterocycles. The van der Waals surface area contributed by atoms with Crippen LogP contribution in [-0.2, 0) is 4.79 Å². The summed E-state index contributed by atoms with van der Waals surface area (Å²) in [5, 5.41) is 10.2. The zero-order chi connectivity index (χ0) is 21.4. The van der Waals surface area contributed by atoms with Crippen LogP contribution in [0.25, 0.3) is 5.70 Å². The van der Waals surface area contributed by atoms with Crippen molar-refractivity contribution in [3.05, 3.63) is 60.1 Å². The molecule has 2 atom stereocenters. The highest BCUT2D eigenvalue weighted by Crippen LogP contribution is 2.23. The minimum Gasteiger partial charge on any atom is -0.494 e. The molecule has 1 N–H and O–H groups in total. The molecule has 1 fully saturated rings. The number of nitrogens with zero attached hydrogens (tertiary/aromatic N) is 3. The topological polar surface area (TPSA) is 65.4 Å². The maximum Gasteiger partial charge on any atom is 0.165 e. The molecule has 1 aliphatic heterocycles. The molecule has 1 aromatic carbocycles. The molecule has 0 bridgehead atoms. The van der Waals surface area contributed by atoms with Crippen molar-refractivity contribution in [1.29, 1.82) is 0 Å². The fourth-order valence-electron chi connectivity index (χ4n) is 3.16. The summed E-state index contributed by atoms with van der Waals surface area (Å²) in [5.41, 5.74) is 1.56. The van der Waals surface area contributed by atoms with E-state index in [9.17, 15) is 14.3 Å². The third-order valence-corrected chi connectivity index (χ3v) is 4.99. The molecule has 156 valence electrons. The van der Waals surface area contributed by atoms with E-state index < -0.39 is 11.9 Å². The average molecular weight is 401 g/mol. The number of methoxy groups -OCH3 is 1. The minimum atomic E-state index is -0.528. The van der Waals surface area contributed by atoms with E-state index in [-0.39, 0.29) is 11.8 Å². The van der Waals surface area contributed by atoms with Crippen LogP contribution in [0.3, 0.4) is 0 Å². The van der Waals surface area contributed by atoms with E-state index in [1.165, 1.54) is 31.5 Å². The van der Waals surface area contributed by atoms with Crippen molar-refractivity contribution >= 4 is 18.2 Å². The largest absolute Gasteiger partial charge is 0.494 e. The maximum absolute atomic E-state index is 13.9. The van der Waals surface area contributed by atoms with Gasteiger partial charge in [-0.05, 0) is 43.9 Å². The summed E-state index contributed by atoms with van der Waals surface area (Å²) >= 11 is 0. The lowest BCUT2D eigenvalue weighted by molar-refractivity contribution is -0.104. The van der Waals surface area contributed by atoms with Gasteiger partial charge in [0.2, 0.25) is 0 Å². The number of β-amino-alcohol motifs (C(OH)–C–C–N with tert-alkyl or cyclic N) is 1. The standard InChI is InChI=1S/C22H28FN3O3/c1-5-25(3)20-14-26(15-21(20)28)16(2)7-6-11-24-19(10-12-27)17-8-9-22(29-4)18(23)13-17/h6-13,20-21,28H,2,5,14-15H2,1,3-4H3/b7-6-,19-10-,24-11+/t20-,21-/m1/s1. The predicted octanol–water partition coefficient (Wildman–Crippen LogP) is 2.51. The Balaban J connectivity index is 2.03. The molecule has 0 aliphatic carbocycles. The van der Waals surface area contributed by atoms with Gasteiger partial charge in [0.25, 0.3) is 0 Å². The van der Waals surface area contributed by atoms with Crippen LogP contribution in [0, 0.1) is 5.82 Å². The fourth-order valence-corrected chi connectivity index (χ4v) is 3.16. The van der Waals surface area contributed by atoms with Gasteiger partial charge in [0.15, 0.2) is 11.6 Å². The minimum absolute atomic E-state index is 0.0749. The lowest BCUT2D eigenvalue weighted by atomic mass is 10.1. The zero-order valence-electron chi connectivity index (χ0n) is 17.1. The van der Waals surface area contributed by atoms with Gasteiger partial charge >= 0.3 is 0 Å². The van der Waals surface area contributed by atoms with Crippen LogP contribution in [0.5, 0.6) is 5.75 Å². The number of allylic oxidation sites excluding steroid dienone is 3. The Hall–Kier alpha value is -2.77. The molecule has 1 aliphatic rings. The second-order valence-electron chi connectivity index (χ2n) is 6.78. The number of benzene rings is 1. The van der Waals surface area contributed by atoms with Crippen LogP contribution in [0.2, 0.25) is 0 Å². The molecule has 0 radical (unpaired) electrons. The highest BCUT2D eigenvalue weighted by molar-refractivity contribution is 5.86. The van der Waals surface area contributed by atoms with Crippen molar-refractivity contribution in [3.8, 4) is 5.75 Å². The number of aldehydes is 1. The number of aliphatic hydroxyl groups excluding tert-OH is 1. The van der Waals surface area contributed by atoms with Crippen molar-refractivity contribution < 1.29 is 19.0 Å². The number of rotatable bonds is 9. The number of hydrogen-bond donors (Lipinski definition) is 1. The van der Waals surface area contributed by atoms with Gasteiger partial charge in [0.05, 0.1) is 25.0 Å². The van der Waals surface area contributed by atoms with Gasteiger partial charge < -0.3 is 14.7 Å². The van der Waals surface area contributed by atoms with Gasteiger partial charge in [-0.3, -0.25) is 14.7 Å². The number of carbonyl (C=O) groups excluding carboxylic acids is 1. The summed E-state index contributed by atoms with van der Waals surface area (Å²) in [6.45, 7) is 8.19. The smallest absolute Gasteiger partial charge is 0.165 e. The molecular weight excluding hydrogens is 373 g/mol. The Morgan fingerprint density at radius 1 is 1.48 bits per heavy atom. The number of halogens is 1. The van der Waals surface area contributed by atoms with Gasteiger partial charge in [-0.2, -0.15) is 0 Å². The van der Waals surface area contributed by atoms with E-state index in [0.717, 1.165) is 12.2 Å². The van der Waals surface area contributed by atoms with E-state index in [4.69, 9.17) is 4.74 Å². The number of aliphatic imine (C=N–C) groups is 1. The van der Waals surface area contributed by atoms with E-state index in [1.807, 2.05) is 11.9 Å². The number of hydrogen-bond acceptors (Lipinski definition) is 6. The van der Waals surface area contributed by atoms with Gasteiger partial charge in [-0.1, -0.05) is 13.5 Å². The lowest BCUT2D eigenvalue weighted by Gasteiger charge is -2.25. The van der Waals surface area contributed by atoms with Crippen molar-refractivity contribution in [3.63, 3.8) is 0 Å². The Bertz CT molecular complexity index is 820. The number of carbonyl (C=O) groups is 1. The van der Waals surface area contributed by atoms with Crippen molar-refractivity contribution in [1.82, 2.24) is 9.80 Å². The second kappa shape index (κ2) is 10.7. The number of likely N-dealkylation sites (tertiary alicyclic amines) is 1. The van der Waals surface area contributed by atoms with E-state index in [2.05, 4.69) is 23.4 Å². The SMILES string of the molecule is C=C(\C=C/C=N/C(=C\C=O)c1ccc(OC)c(F)c1)N1C[C@@H](O)[C@H](N(C)CC)C1. The van der Waals surface area contributed by atoms with Crippen molar-refractivity contribution in [2.75, 3.05) is 33.8 Å². The third kappa shape index (κ3) is 5.85. The normalized spacial score (nSPS) is 20.2. The van der Waals surface area contributed by atoms with Crippen LogP contribution < -0.4 is 4.74 Å².